The number of carbonyl (C=O) groups excluding carboxylic acids is 1. The molecule has 33 heavy (non-hydrogen) atoms. The van der Waals surface area contributed by atoms with E-state index in [9.17, 15) is 9.59 Å². The van der Waals surface area contributed by atoms with Crippen molar-refractivity contribution in [2.45, 2.75) is 51.9 Å². The van der Waals surface area contributed by atoms with Gasteiger partial charge in [-0.15, -0.1) is 0 Å². The van der Waals surface area contributed by atoms with Crippen molar-refractivity contribution >= 4 is 27.8 Å². The van der Waals surface area contributed by atoms with Crippen molar-refractivity contribution in [1.29, 1.82) is 0 Å². The van der Waals surface area contributed by atoms with Crippen LogP contribution < -0.4 is 5.63 Å². The Labute approximate surface area is 192 Å². The van der Waals surface area contributed by atoms with E-state index in [1.807, 2.05) is 31.2 Å². The number of pyridine rings is 1. The van der Waals surface area contributed by atoms with Gasteiger partial charge in [0.15, 0.2) is 0 Å². The van der Waals surface area contributed by atoms with Gasteiger partial charge in [-0.3, -0.25) is 9.78 Å². The van der Waals surface area contributed by atoms with Crippen molar-refractivity contribution in [1.82, 2.24) is 9.88 Å². The molecule has 3 heterocycles. The lowest BCUT2D eigenvalue weighted by Crippen LogP contribution is -2.29. The lowest BCUT2D eigenvalue weighted by molar-refractivity contribution is -0.129. The summed E-state index contributed by atoms with van der Waals surface area (Å²) < 4.78 is 11.7. The van der Waals surface area contributed by atoms with Crippen molar-refractivity contribution in [3.8, 4) is 0 Å². The maximum absolute atomic E-state index is 12.7. The zero-order chi connectivity index (χ0) is 22.9. The van der Waals surface area contributed by atoms with Crippen LogP contribution in [0.3, 0.4) is 0 Å². The number of likely N-dealkylation sites (N-methyl/N-ethyl adjacent to an activating group) is 1. The molecule has 170 valence electrons. The maximum atomic E-state index is 12.7. The molecule has 1 aromatic carbocycles. The van der Waals surface area contributed by atoms with E-state index in [1.165, 1.54) is 12.0 Å². The van der Waals surface area contributed by atoms with Gasteiger partial charge in [-0.25, -0.2) is 4.79 Å². The third kappa shape index (κ3) is 4.17. The fourth-order valence-electron chi connectivity index (χ4n) is 4.81. The van der Waals surface area contributed by atoms with Crippen molar-refractivity contribution in [2.24, 2.45) is 0 Å². The van der Waals surface area contributed by atoms with Gasteiger partial charge in [-0.05, 0) is 56.4 Å². The van der Waals surface area contributed by atoms with Gasteiger partial charge < -0.3 is 13.7 Å². The highest BCUT2D eigenvalue weighted by molar-refractivity contribution is 5.97. The van der Waals surface area contributed by atoms with Gasteiger partial charge in [0.2, 0.25) is 5.91 Å². The second-order valence-corrected chi connectivity index (χ2v) is 8.93. The molecule has 0 atom stereocenters. The zero-order valence-corrected chi connectivity index (χ0v) is 19.1. The van der Waals surface area contributed by atoms with Gasteiger partial charge in [0.1, 0.15) is 16.9 Å². The first-order chi connectivity index (χ1) is 16.0. The highest BCUT2D eigenvalue weighted by Gasteiger charge is 2.21. The van der Waals surface area contributed by atoms with Gasteiger partial charge in [0.05, 0.1) is 0 Å². The number of hydrogen-bond donors (Lipinski definition) is 0. The number of rotatable bonds is 6. The van der Waals surface area contributed by atoms with Crippen molar-refractivity contribution in [2.75, 3.05) is 13.6 Å². The molecule has 0 radical (unpaired) electrons. The molecule has 0 saturated carbocycles. The molecule has 5 rings (SSSR count). The van der Waals surface area contributed by atoms with Crippen LogP contribution in [-0.4, -0.2) is 29.4 Å². The van der Waals surface area contributed by atoms with E-state index < -0.39 is 0 Å². The standard InChI is InChI=1S/C27H28N2O4/c1-17-19(10-11-26(30)29(2)14-12-18-7-5-6-13-28-18)27(31)33-24-16-25-22(15-21(17)24)20-8-3-4-9-23(20)32-25/h5-7,13,15-16H,3-4,8-12,14H2,1-2H3. The average molecular weight is 445 g/mol. The van der Waals surface area contributed by atoms with E-state index in [2.05, 4.69) is 11.1 Å². The quantitative estimate of drug-likeness (QED) is 0.401. The van der Waals surface area contributed by atoms with Crippen molar-refractivity contribution in [3.63, 3.8) is 0 Å². The van der Waals surface area contributed by atoms with E-state index in [0.717, 1.165) is 52.6 Å². The molecule has 0 fully saturated rings. The molecule has 6 heteroatoms. The molecule has 1 amide bonds. The van der Waals surface area contributed by atoms with Gasteiger partial charge in [0.25, 0.3) is 0 Å². The Morgan fingerprint density at radius 2 is 1.88 bits per heavy atom. The van der Waals surface area contributed by atoms with E-state index >= 15 is 0 Å². The molecule has 0 aliphatic heterocycles. The molecule has 3 aromatic heterocycles. The summed E-state index contributed by atoms with van der Waals surface area (Å²) in [5, 5.41) is 2.03. The van der Waals surface area contributed by atoms with Gasteiger partial charge in [-0.2, -0.15) is 0 Å². The Hall–Kier alpha value is -3.41. The maximum Gasteiger partial charge on any atom is 0.339 e. The Kier molecular flexibility index (Phi) is 5.75. The molecule has 4 aromatic rings. The Bertz CT molecular complexity index is 1380. The van der Waals surface area contributed by atoms with Crippen LogP contribution in [0.15, 0.2) is 50.2 Å². The first-order valence-corrected chi connectivity index (χ1v) is 11.7. The van der Waals surface area contributed by atoms with Crippen molar-refractivity contribution < 1.29 is 13.6 Å². The fraction of sp³-hybridized carbons (Fsp3) is 0.370. The number of furan rings is 1. The largest absolute Gasteiger partial charge is 0.461 e. The minimum atomic E-state index is -0.375. The SMILES string of the molecule is Cc1c(CCC(=O)N(C)CCc2ccccn2)c(=O)oc2cc3oc4c(c3cc12)CCCC4. The predicted molar refractivity (Wildman–Crippen MR) is 128 cm³/mol. The molecule has 1 aliphatic rings. The molecule has 0 spiro atoms. The molecule has 0 N–H and O–H groups in total. The van der Waals surface area contributed by atoms with Crippen molar-refractivity contribution in [3.05, 3.63) is 75.1 Å². The summed E-state index contributed by atoms with van der Waals surface area (Å²) in [5.74, 6) is 1.07. The summed E-state index contributed by atoms with van der Waals surface area (Å²) in [6.07, 6.45) is 7.38. The second kappa shape index (κ2) is 8.85. The molecule has 1 aliphatic carbocycles. The van der Waals surface area contributed by atoms with Crippen LogP contribution >= 0.6 is 0 Å². The third-order valence-electron chi connectivity index (χ3n) is 6.81. The number of amides is 1. The number of nitrogens with zero attached hydrogens (tertiary/aromatic N) is 2. The average Bonchev–Trinajstić information content (AvgIpc) is 3.19. The molecule has 0 unspecified atom stereocenters. The van der Waals surface area contributed by atoms with Crippen LogP contribution in [0.2, 0.25) is 0 Å². The third-order valence-corrected chi connectivity index (χ3v) is 6.81. The minimum absolute atomic E-state index is 0.00387. The summed E-state index contributed by atoms with van der Waals surface area (Å²) in [5.41, 5.74) is 4.65. The number of fused-ring (bicyclic) bond motifs is 4. The summed E-state index contributed by atoms with van der Waals surface area (Å²) in [6, 6.07) is 9.72. The van der Waals surface area contributed by atoms with E-state index in [-0.39, 0.29) is 18.0 Å². The van der Waals surface area contributed by atoms with E-state index in [1.54, 1.807) is 18.1 Å². The zero-order valence-electron chi connectivity index (χ0n) is 19.1. The first-order valence-electron chi connectivity index (χ1n) is 11.7. The van der Waals surface area contributed by atoms with Gasteiger partial charge >= 0.3 is 5.63 Å². The summed E-state index contributed by atoms with van der Waals surface area (Å²) >= 11 is 0. The van der Waals surface area contributed by atoms with E-state index in [0.29, 0.717) is 30.5 Å². The lowest BCUT2D eigenvalue weighted by Gasteiger charge is -2.17. The second-order valence-electron chi connectivity index (χ2n) is 8.93. The molecular formula is C27H28N2O4. The molecular weight excluding hydrogens is 416 g/mol. The number of aryl methyl sites for hydroxylation is 3. The number of hydrogen-bond acceptors (Lipinski definition) is 5. The highest BCUT2D eigenvalue weighted by Crippen LogP contribution is 2.35. The number of benzene rings is 1. The fourth-order valence-corrected chi connectivity index (χ4v) is 4.81. The summed E-state index contributed by atoms with van der Waals surface area (Å²) in [6.45, 7) is 2.53. The van der Waals surface area contributed by atoms with Crippen LogP contribution in [-0.2, 0) is 30.5 Å². The highest BCUT2D eigenvalue weighted by atomic mass is 16.4. The summed E-state index contributed by atoms with van der Waals surface area (Å²) in [7, 11) is 1.79. The number of carbonyl (C=O) groups is 1. The Balaban J connectivity index is 1.36. The van der Waals surface area contributed by atoms with E-state index in [4.69, 9.17) is 8.83 Å². The number of aromatic nitrogens is 1. The van der Waals surface area contributed by atoms with Gasteiger partial charge in [-0.1, -0.05) is 6.07 Å². The minimum Gasteiger partial charge on any atom is -0.461 e. The van der Waals surface area contributed by atoms with Crippen LogP contribution in [0.1, 0.15) is 47.4 Å². The van der Waals surface area contributed by atoms with Crippen LogP contribution in [0, 0.1) is 6.92 Å². The van der Waals surface area contributed by atoms with Crippen LogP contribution in [0.5, 0.6) is 0 Å². The van der Waals surface area contributed by atoms with Crippen LogP contribution in [0.25, 0.3) is 21.9 Å². The van der Waals surface area contributed by atoms with Crippen LogP contribution in [0.4, 0.5) is 0 Å². The normalized spacial score (nSPS) is 13.4. The Morgan fingerprint density at radius 3 is 2.70 bits per heavy atom. The first kappa shape index (κ1) is 21.4. The molecule has 0 bridgehead atoms. The summed E-state index contributed by atoms with van der Waals surface area (Å²) in [4.78, 5) is 31.4. The smallest absolute Gasteiger partial charge is 0.339 e. The predicted octanol–water partition coefficient (Wildman–Crippen LogP) is 4.76. The molecule has 0 saturated heterocycles. The monoisotopic (exact) mass is 444 g/mol. The van der Waals surface area contributed by atoms with Gasteiger partial charge in [0, 0.05) is 72.7 Å². The topological polar surface area (TPSA) is 76.6 Å². The Morgan fingerprint density at radius 1 is 1.06 bits per heavy atom. The molecule has 6 nitrogen and oxygen atoms in total. The lowest BCUT2D eigenvalue weighted by atomic mass is 9.94.